The number of hydrogen-bond acceptors (Lipinski definition) is 5. The molecule has 0 spiro atoms. The second-order valence-corrected chi connectivity index (χ2v) is 4.57. The van der Waals surface area contributed by atoms with E-state index in [9.17, 15) is 4.79 Å². The van der Waals surface area contributed by atoms with Crippen molar-refractivity contribution in [1.82, 2.24) is 9.97 Å². The first-order valence-corrected chi connectivity index (χ1v) is 6.76. The Bertz CT molecular complexity index is 725. The van der Waals surface area contributed by atoms with Crippen molar-refractivity contribution < 1.29 is 9.21 Å². The zero-order valence-corrected chi connectivity index (χ0v) is 11.7. The lowest BCUT2D eigenvalue weighted by Crippen LogP contribution is -2.12. The molecule has 2 aromatic heterocycles. The fourth-order valence-corrected chi connectivity index (χ4v) is 1.86. The molecule has 0 aliphatic carbocycles. The van der Waals surface area contributed by atoms with E-state index in [-0.39, 0.29) is 11.7 Å². The van der Waals surface area contributed by atoms with Crippen molar-refractivity contribution in [3.63, 3.8) is 0 Å². The van der Waals surface area contributed by atoms with Crippen LogP contribution in [0.3, 0.4) is 0 Å². The van der Waals surface area contributed by atoms with Gasteiger partial charge in [0.25, 0.3) is 5.91 Å². The molecule has 0 atom stereocenters. The molecule has 22 heavy (non-hydrogen) atoms. The third-order valence-corrected chi connectivity index (χ3v) is 2.95. The number of nitrogens with zero attached hydrogens (tertiary/aromatic N) is 2. The molecular formula is C16H14N4O2. The molecule has 0 radical (unpaired) electrons. The van der Waals surface area contributed by atoms with E-state index in [4.69, 9.17) is 4.42 Å². The summed E-state index contributed by atoms with van der Waals surface area (Å²) in [5.41, 5.74) is 1.65. The Kier molecular flexibility index (Phi) is 4.10. The predicted octanol–water partition coefficient (Wildman–Crippen LogP) is 2.93. The Hall–Kier alpha value is -3.15. The average molecular weight is 294 g/mol. The van der Waals surface area contributed by atoms with Gasteiger partial charge in [0.05, 0.1) is 24.3 Å². The molecule has 1 amide bonds. The van der Waals surface area contributed by atoms with E-state index in [2.05, 4.69) is 20.6 Å². The van der Waals surface area contributed by atoms with Crippen LogP contribution in [0.1, 0.15) is 16.1 Å². The van der Waals surface area contributed by atoms with Crippen LogP contribution in [0.5, 0.6) is 0 Å². The van der Waals surface area contributed by atoms with Crippen LogP contribution < -0.4 is 10.6 Å². The summed E-state index contributed by atoms with van der Waals surface area (Å²) >= 11 is 0. The first-order valence-electron chi connectivity index (χ1n) is 6.76. The van der Waals surface area contributed by atoms with Gasteiger partial charge in [-0.15, -0.1) is 0 Å². The maximum absolute atomic E-state index is 11.8. The number of anilines is 2. The van der Waals surface area contributed by atoms with E-state index >= 15 is 0 Å². The molecule has 0 unspecified atom stereocenters. The van der Waals surface area contributed by atoms with Crippen molar-refractivity contribution in [2.45, 2.75) is 6.54 Å². The summed E-state index contributed by atoms with van der Waals surface area (Å²) in [6, 6.07) is 13.2. The highest BCUT2D eigenvalue weighted by Crippen LogP contribution is 2.10. The molecule has 0 saturated heterocycles. The van der Waals surface area contributed by atoms with Gasteiger partial charge in [0, 0.05) is 6.54 Å². The standard InChI is InChI=1S/C16H14N4O2/c21-15(14-7-4-8-22-14)20-13-10-18-16(19-11-13)17-9-12-5-2-1-3-6-12/h1-8,10-11H,9H2,(H,20,21)(H,17,18,19). The zero-order valence-electron chi connectivity index (χ0n) is 11.7. The molecule has 0 saturated carbocycles. The first-order chi connectivity index (χ1) is 10.8. The van der Waals surface area contributed by atoms with E-state index in [0.717, 1.165) is 5.56 Å². The summed E-state index contributed by atoms with van der Waals surface area (Å²) in [5, 5.41) is 5.78. The van der Waals surface area contributed by atoms with Gasteiger partial charge >= 0.3 is 0 Å². The minimum atomic E-state index is -0.335. The lowest BCUT2D eigenvalue weighted by atomic mass is 10.2. The molecule has 2 heterocycles. The second-order valence-electron chi connectivity index (χ2n) is 4.57. The lowest BCUT2D eigenvalue weighted by molar-refractivity contribution is 0.0996. The second kappa shape index (κ2) is 6.53. The van der Waals surface area contributed by atoms with E-state index < -0.39 is 0 Å². The van der Waals surface area contributed by atoms with Gasteiger partial charge in [0.1, 0.15) is 0 Å². The largest absolute Gasteiger partial charge is 0.459 e. The zero-order chi connectivity index (χ0) is 15.2. The number of carbonyl (C=O) groups is 1. The van der Waals surface area contributed by atoms with Gasteiger partial charge in [-0.2, -0.15) is 0 Å². The van der Waals surface area contributed by atoms with Crippen LogP contribution in [0.4, 0.5) is 11.6 Å². The maximum atomic E-state index is 11.8. The summed E-state index contributed by atoms with van der Waals surface area (Å²) in [7, 11) is 0. The summed E-state index contributed by atoms with van der Waals surface area (Å²) in [4.78, 5) is 20.1. The van der Waals surface area contributed by atoms with Crippen molar-refractivity contribution >= 4 is 17.5 Å². The van der Waals surface area contributed by atoms with Crippen LogP contribution in [0.25, 0.3) is 0 Å². The van der Waals surface area contributed by atoms with Crippen LogP contribution >= 0.6 is 0 Å². The molecule has 0 aliphatic rings. The number of carbonyl (C=O) groups excluding carboxylic acids is 1. The van der Waals surface area contributed by atoms with Crippen LogP contribution in [-0.2, 0) is 6.54 Å². The van der Waals surface area contributed by atoms with Gasteiger partial charge < -0.3 is 15.1 Å². The molecule has 1 aromatic carbocycles. The first kappa shape index (κ1) is 13.8. The number of amides is 1. The fourth-order valence-electron chi connectivity index (χ4n) is 1.86. The highest BCUT2D eigenvalue weighted by Gasteiger charge is 2.09. The number of rotatable bonds is 5. The Morgan fingerprint density at radius 1 is 1.05 bits per heavy atom. The molecule has 0 bridgehead atoms. The topological polar surface area (TPSA) is 80.0 Å². The highest BCUT2D eigenvalue weighted by molar-refractivity contribution is 6.02. The monoisotopic (exact) mass is 294 g/mol. The normalized spacial score (nSPS) is 10.2. The van der Waals surface area contributed by atoms with E-state index in [1.165, 1.54) is 6.26 Å². The van der Waals surface area contributed by atoms with Gasteiger partial charge in [-0.1, -0.05) is 30.3 Å². The van der Waals surface area contributed by atoms with Crippen molar-refractivity contribution in [3.8, 4) is 0 Å². The molecule has 6 nitrogen and oxygen atoms in total. The molecule has 3 aromatic rings. The molecule has 3 rings (SSSR count). The molecule has 6 heteroatoms. The Morgan fingerprint density at radius 2 is 1.82 bits per heavy atom. The predicted molar refractivity (Wildman–Crippen MR) is 82.5 cm³/mol. The highest BCUT2D eigenvalue weighted by atomic mass is 16.3. The third-order valence-electron chi connectivity index (χ3n) is 2.95. The van der Waals surface area contributed by atoms with E-state index in [1.807, 2.05) is 30.3 Å². The molecule has 110 valence electrons. The minimum absolute atomic E-state index is 0.242. The Morgan fingerprint density at radius 3 is 2.50 bits per heavy atom. The summed E-state index contributed by atoms with van der Waals surface area (Å²) in [6.45, 7) is 0.638. The maximum Gasteiger partial charge on any atom is 0.291 e. The number of hydrogen-bond donors (Lipinski definition) is 2. The SMILES string of the molecule is O=C(Nc1cnc(NCc2ccccc2)nc1)c1ccco1. The molecule has 0 aliphatic heterocycles. The van der Waals surface area contributed by atoms with Crippen molar-refractivity contribution in [1.29, 1.82) is 0 Å². The van der Waals surface area contributed by atoms with Gasteiger partial charge in [-0.25, -0.2) is 9.97 Å². The minimum Gasteiger partial charge on any atom is -0.459 e. The van der Waals surface area contributed by atoms with E-state index in [1.54, 1.807) is 24.5 Å². The van der Waals surface area contributed by atoms with Crippen LogP contribution in [0.2, 0.25) is 0 Å². The van der Waals surface area contributed by atoms with Gasteiger partial charge in [0.2, 0.25) is 5.95 Å². The summed E-state index contributed by atoms with van der Waals surface area (Å²) < 4.78 is 5.01. The number of furan rings is 1. The molecule has 2 N–H and O–H groups in total. The third kappa shape index (κ3) is 3.49. The molecule has 0 fully saturated rings. The Labute approximate surface area is 127 Å². The van der Waals surface area contributed by atoms with Gasteiger partial charge in [-0.05, 0) is 17.7 Å². The van der Waals surface area contributed by atoms with Crippen molar-refractivity contribution in [3.05, 3.63) is 72.4 Å². The summed E-state index contributed by atoms with van der Waals surface area (Å²) in [6.07, 6.45) is 4.53. The van der Waals surface area contributed by atoms with Crippen LogP contribution in [-0.4, -0.2) is 15.9 Å². The van der Waals surface area contributed by atoms with Gasteiger partial charge in [-0.3, -0.25) is 4.79 Å². The van der Waals surface area contributed by atoms with Crippen molar-refractivity contribution in [2.75, 3.05) is 10.6 Å². The quantitative estimate of drug-likeness (QED) is 0.756. The fraction of sp³-hybridized carbons (Fsp3) is 0.0625. The van der Waals surface area contributed by atoms with Gasteiger partial charge in [0.15, 0.2) is 5.76 Å². The van der Waals surface area contributed by atoms with Crippen molar-refractivity contribution in [2.24, 2.45) is 0 Å². The van der Waals surface area contributed by atoms with Crippen LogP contribution in [0.15, 0.2) is 65.5 Å². The average Bonchev–Trinajstić information content (AvgIpc) is 3.10. The van der Waals surface area contributed by atoms with E-state index in [0.29, 0.717) is 18.2 Å². The number of nitrogens with one attached hydrogen (secondary N) is 2. The summed E-state index contributed by atoms with van der Waals surface area (Å²) in [5.74, 6) is 0.407. The molecular weight excluding hydrogens is 280 g/mol. The van der Waals surface area contributed by atoms with Crippen LogP contribution in [0, 0.1) is 0 Å². The lowest BCUT2D eigenvalue weighted by Gasteiger charge is -2.06. The Balaban J connectivity index is 1.57. The number of benzene rings is 1. The number of aromatic nitrogens is 2. The smallest absolute Gasteiger partial charge is 0.291 e.